The number of aromatic nitrogens is 4. The van der Waals surface area contributed by atoms with Gasteiger partial charge in [-0.2, -0.15) is 0 Å². The second-order valence-corrected chi connectivity index (χ2v) is 14.6. The maximum Gasteiger partial charge on any atom is 0.353 e. The first-order valence-electron chi connectivity index (χ1n) is 16.6. The average Bonchev–Trinajstić information content (AvgIpc) is 3.79. The van der Waals surface area contributed by atoms with Crippen LogP contribution in [0.1, 0.15) is 84.8 Å². The van der Waals surface area contributed by atoms with E-state index in [0.29, 0.717) is 12.2 Å². The maximum atomic E-state index is 12.6. The summed E-state index contributed by atoms with van der Waals surface area (Å²) in [4.78, 5) is 41.4. The molecule has 1 unspecified atom stereocenters. The van der Waals surface area contributed by atoms with Gasteiger partial charge in [-0.3, -0.25) is 15.5 Å². The monoisotopic (exact) mass is 648 g/mol. The quantitative estimate of drug-likeness (QED) is 0.100. The number of imidazole rings is 2. The molecule has 10 nitrogen and oxygen atoms in total. The topological polar surface area (TPSA) is 146 Å². The van der Waals surface area contributed by atoms with Crippen LogP contribution in [-0.4, -0.2) is 56.0 Å². The Bertz CT molecular complexity index is 2010. The van der Waals surface area contributed by atoms with Crippen LogP contribution in [0.3, 0.4) is 0 Å². The molecule has 3 aromatic carbocycles. The molecule has 1 fully saturated rings. The summed E-state index contributed by atoms with van der Waals surface area (Å²) in [5.74, 6) is 0.00535. The van der Waals surface area contributed by atoms with Crippen molar-refractivity contribution in [2.24, 2.45) is 5.41 Å². The van der Waals surface area contributed by atoms with E-state index < -0.39 is 29.1 Å². The predicted octanol–water partition coefficient (Wildman–Crippen LogP) is 7.62. The molecule has 0 amide bonds. The fraction of sp³-hybridized carbons (Fsp3) is 0.395. The van der Waals surface area contributed by atoms with Crippen molar-refractivity contribution in [2.45, 2.75) is 85.0 Å². The van der Waals surface area contributed by atoms with Crippen molar-refractivity contribution in [3.63, 3.8) is 0 Å². The van der Waals surface area contributed by atoms with Crippen LogP contribution < -0.4 is 5.32 Å². The number of rotatable bonds is 8. The van der Waals surface area contributed by atoms with Gasteiger partial charge in [0.05, 0.1) is 40.2 Å². The number of H-pyrrole nitrogens is 2. The molecule has 10 heteroatoms. The lowest BCUT2D eigenvalue weighted by Gasteiger charge is -2.23. The molecule has 0 aliphatic carbocycles. The van der Waals surface area contributed by atoms with Crippen molar-refractivity contribution in [1.29, 1.82) is 5.41 Å². The van der Waals surface area contributed by atoms with Crippen LogP contribution in [0.4, 0.5) is 0 Å². The van der Waals surface area contributed by atoms with Gasteiger partial charge in [0.15, 0.2) is 6.23 Å². The Morgan fingerprint density at radius 2 is 1.60 bits per heavy atom. The minimum absolute atomic E-state index is 0.0404. The van der Waals surface area contributed by atoms with Gasteiger partial charge >= 0.3 is 11.9 Å². The van der Waals surface area contributed by atoms with Gasteiger partial charge in [0, 0.05) is 5.56 Å². The van der Waals surface area contributed by atoms with Gasteiger partial charge in [-0.05, 0) is 107 Å². The number of hydrogen-bond donors (Lipinski definition) is 4. The second kappa shape index (κ2) is 12.6. The molecular weight excluding hydrogens is 604 g/mol. The third kappa shape index (κ3) is 6.89. The predicted molar refractivity (Wildman–Crippen MR) is 188 cm³/mol. The number of esters is 2. The molecule has 3 atom stereocenters. The Morgan fingerprint density at radius 3 is 2.29 bits per heavy atom. The highest BCUT2D eigenvalue weighted by molar-refractivity contribution is 6.37. The number of benzene rings is 3. The minimum atomic E-state index is -0.670. The fourth-order valence-electron chi connectivity index (χ4n) is 6.02. The lowest BCUT2D eigenvalue weighted by molar-refractivity contribution is -0.160. The van der Waals surface area contributed by atoms with Crippen molar-refractivity contribution in [1.82, 2.24) is 25.3 Å². The minimum Gasteiger partial charge on any atom is -0.455 e. The van der Waals surface area contributed by atoms with E-state index in [1.165, 1.54) is 0 Å². The van der Waals surface area contributed by atoms with Crippen molar-refractivity contribution in [3.05, 3.63) is 72.4 Å². The van der Waals surface area contributed by atoms with Crippen LogP contribution in [0.5, 0.6) is 0 Å². The van der Waals surface area contributed by atoms with Crippen LogP contribution in [-0.2, 0) is 19.1 Å². The smallest absolute Gasteiger partial charge is 0.353 e. The third-order valence-electron chi connectivity index (χ3n) is 8.65. The van der Waals surface area contributed by atoms with E-state index in [2.05, 4.69) is 62.7 Å². The van der Waals surface area contributed by atoms with Crippen molar-refractivity contribution in [2.75, 3.05) is 6.54 Å². The number of ether oxygens (including phenoxy) is 2. The van der Waals surface area contributed by atoms with Crippen LogP contribution in [0.2, 0.25) is 0 Å². The second-order valence-electron chi connectivity index (χ2n) is 14.6. The highest BCUT2D eigenvalue weighted by Crippen LogP contribution is 2.33. The zero-order chi connectivity index (χ0) is 34.4. The molecule has 6 rings (SSSR count). The average molecular weight is 649 g/mol. The molecule has 48 heavy (non-hydrogen) atoms. The summed E-state index contributed by atoms with van der Waals surface area (Å²) >= 11 is 0. The first-order valence-corrected chi connectivity index (χ1v) is 16.6. The Labute approximate surface area is 280 Å². The van der Waals surface area contributed by atoms with Gasteiger partial charge in [0.1, 0.15) is 23.0 Å². The van der Waals surface area contributed by atoms with Crippen molar-refractivity contribution >= 4 is 39.5 Å². The zero-order valence-corrected chi connectivity index (χ0v) is 28.7. The van der Waals surface area contributed by atoms with E-state index in [1.54, 1.807) is 20.8 Å². The highest BCUT2D eigenvalue weighted by atomic mass is 16.6. The Kier molecular flexibility index (Phi) is 8.72. The summed E-state index contributed by atoms with van der Waals surface area (Å²) in [6, 6.07) is 18.8. The SMILES string of the molecule is CC[C@@H](C(=N)C(=O)OC(C)(C)C)c1nc2ccc(-c3ccc4cc(-c5cnc([C@@H]6CCNC6OC(=O)C(C)(C)C)[nH]5)ccc4c3)cc2[nH]1. The molecule has 0 bridgehead atoms. The van der Waals surface area contributed by atoms with E-state index in [0.717, 1.165) is 63.0 Å². The summed E-state index contributed by atoms with van der Waals surface area (Å²) < 4.78 is 11.2. The molecule has 5 aromatic rings. The number of fused-ring (bicyclic) bond motifs is 2. The first-order chi connectivity index (χ1) is 22.7. The normalized spacial score (nSPS) is 17.5. The molecule has 2 aromatic heterocycles. The highest BCUT2D eigenvalue weighted by Gasteiger charge is 2.36. The van der Waals surface area contributed by atoms with E-state index in [1.807, 2.05) is 46.0 Å². The summed E-state index contributed by atoms with van der Waals surface area (Å²) in [5, 5.41) is 14.0. The van der Waals surface area contributed by atoms with Crippen molar-refractivity contribution < 1.29 is 19.1 Å². The van der Waals surface area contributed by atoms with Gasteiger partial charge in [0.25, 0.3) is 0 Å². The molecule has 250 valence electrons. The van der Waals surface area contributed by atoms with Gasteiger partial charge < -0.3 is 19.4 Å². The zero-order valence-electron chi connectivity index (χ0n) is 28.7. The van der Waals surface area contributed by atoms with E-state index in [-0.39, 0.29) is 17.6 Å². The molecule has 1 aliphatic heterocycles. The lowest BCUT2D eigenvalue weighted by atomic mass is 9.97. The van der Waals surface area contributed by atoms with Crippen LogP contribution >= 0.6 is 0 Å². The van der Waals surface area contributed by atoms with E-state index >= 15 is 0 Å². The van der Waals surface area contributed by atoms with Crippen LogP contribution in [0.15, 0.2) is 60.8 Å². The number of nitrogens with zero attached hydrogens (tertiary/aromatic N) is 2. The molecule has 1 saturated heterocycles. The fourth-order valence-corrected chi connectivity index (χ4v) is 6.02. The lowest BCUT2D eigenvalue weighted by Crippen LogP contribution is -2.36. The number of hydrogen-bond acceptors (Lipinski definition) is 8. The van der Waals surface area contributed by atoms with Crippen molar-refractivity contribution in [3.8, 4) is 22.4 Å². The van der Waals surface area contributed by atoms with E-state index in [4.69, 9.17) is 19.9 Å². The summed E-state index contributed by atoms with van der Waals surface area (Å²) in [6.07, 6.45) is 2.81. The standard InChI is InChI=1S/C38H44N6O4/c1-8-26(31(39)35(45)48-38(5,6)7)33-42-28-14-13-24(19-29(28)43-33)22-9-10-23-18-25(12-11-21(23)17-22)30-20-41-32(44-30)27-15-16-40-34(27)47-36(46)37(2,3)4/h9-14,17-20,26-27,34,39-40H,8,15-16H2,1-7H3,(H,41,44)(H,42,43)/t26-,27-,34?/m0/s1. The number of aromatic amines is 2. The van der Waals surface area contributed by atoms with Gasteiger partial charge in [-0.25, -0.2) is 14.8 Å². The first kappa shape index (κ1) is 33.1. The molecule has 0 radical (unpaired) electrons. The maximum absolute atomic E-state index is 12.6. The molecule has 0 spiro atoms. The largest absolute Gasteiger partial charge is 0.455 e. The Hall–Kier alpha value is -4.83. The van der Waals surface area contributed by atoms with Gasteiger partial charge in [-0.15, -0.1) is 0 Å². The number of nitrogens with one attached hydrogen (secondary N) is 4. The molecule has 0 saturated carbocycles. The third-order valence-corrected chi connectivity index (χ3v) is 8.65. The summed E-state index contributed by atoms with van der Waals surface area (Å²) in [5.41, 5.74) is 4.31. The Morgan fingerprint density at radius 1 is 0.938 bits per heavy atom. The number of carbonyl (C=O) groups is 2. The number of carbonyl (C=O) groups excluding carboxylic acids is 2. The molecule has 1 aliphatic rings. The molecule has 4 N–H and O–H groups in total. The van der Waals surface area contributed by atoms with Crippen LogP contribution in [0, 0.1) is 10.8 Å². The molecule has 3 heterocycles. The summed E-state index contributed by atoms with van der Waals surface area (Å²) in [6.45, 7) is 13.6. The molecular formula is C38H44N6O4. The Balaban J connectivity index is 1.20. The van der Waals surface area contributed by atoms with Crippen LogP contribution in [0.25, 0.3) is 44.2 Å². The van der Waals surface area contributed by atoms with Gasteiger partial charge in [0.2, 0.25) is 0 Å². The summed E-state index contributed by atoms with van der Waals surface area (Å²) in [7, 11) is 0. The van der Waals surface area contributed by atoms with E-state index in [9.17, 15) is 9.59 Å². The van der Waals surface area contributed by atoms with Gasteiger partial charge in [-0.1, -0.05) is 37.3 Å².